The van der Waals surface area contributed by atoms with Crippen molar-refractivity contribution in [2.75, 3.05) is 54.4 Å². The summed E-state index contributed by atoms with van der Waals surface area (Å²) >= 11 is 0. The smallest absolute Gasteiger partial charge is 0.271 e. The first-order valence-electron chi connectivity index (χ1n) is 18.4. The Morgan fingerprint density at radius 2 is 1.75 bits per heavy atom. The first-order chi connectivity index (χ1) is 25.4. The number of aromatic nitrogens is 4. The van der Waals surface area contributed by atoms with Gasteiger partial charge in [0.25, 0.3) is 5.91 Å². The number of H-pyrrole nitrogens is 1. The van der Waals surface area contributed by atoms with E-state index in [1.54, 1.807) is 6.20 Å². The van der Waals surface area contributed by atoms with Crippen LogP contribution in [0, 0.1) is 0 Å². The number of imide groups is 1. The molecule has 0 spiro atoms. The Morgan fingerprint density at radius 1 is 0.962 bits per heavy atom. The summed E-state index contributed by atoms with van der Waals surface area (Å²) in [6.45, 7) is 5.80. The summed E-state index contributed by atoms with van der Waals surface area (Å²) in [5, 5.41) is 11.9. The number of rotatable bonds is 8. The van der Waals surface area contributed by atoms with Crippen LogP contribution < -0.4 is 26.2 Å². The number of hydrogen-bond donors (Lipinski definition) is 4. The van der Waals surface area contributed by atoms with Gasteiger partial charge in [-0.25, -0.2) is 9.97 Å². The zero-order valence-electron chi connectivity index (χ0n) is 28.9. The van der Waals surface area contributed by atoms with Gasteiger partial charge in [-0.3, -0.25) is 24.6 Å². The minimum Gasteiger partial charge on any atom is -0.366 e. The third kappa shape index (κ3) is 5.90. The van der Waals surface area contributed by atoms with Crippen molar-refractivity contribution in [3.05, 3.63) is 65.7 Å². The Balaban J connectivity index is 0.824. The SMILES string of the molecule is NC(=O)c1ncc(N2CCCCC2)nc1Nc1ccc(C2CCN(C3CN(c4cc5onc(C6CCC(=O)NC6=O)c5c5cc[nH]c45)C3)CC2)cc1. The van der Waals surface area contributed by atoms with Gasteiger partial charge in [0, 0.05) is 62.0 Å². The number of carbonyl (C=O) groups is 3. The summed E-state index contributed by atoms with van der Waals surface area (Å²) in [6.07, 6.45) is 9.93. The molecule has 14 nitrogen and oxygen atoms in total. The Labute approximate surface area is 300 Å². The van der Waals surface area contributed by atoms with Gasteiger partial charge < -0.3 is 30.4 Å². The molecule has 9 rings (SSSR count). The predicted molar refractivity (Wildman–Crippen MR) is 197 cm³/mol. The van der Waals surface area contributed by atoms with E-state index >= 15 is 0 Å². The lowest BCUT2D eigenvalue weighted by Crippen LogP contribution is -2.60. The Morgan fingerprint density at radius 3 is 2.50 bits per heavy atom. The van der Waals surface area contributed by atoms with Crippen molar-refractivity contribution in [2.45, 2.75) is 62.8 Å². The molecule has 52 heavy (non-hydrogen) atoms. The maximum absolute atomic E-state index is 12.6. The van der Waals surface area contributed by atoms with Crippen LogP contribution in [0.15, 0.2) is 53.3 Å². The second kappa shape index (κ2) is 13.2. The highest BCUT2D eigenvalue weighted by atomic mass is 16.5. The number of fused-ring (bicyclic) bond motifs is 3. The topological polar surface area (TPSA) is 179 Å². The molecule has 0 radical (unpaired) electrons. The summed E-state index contributed by atoms with van der Waals surface area (Å²) < 4.78 is 5.79. The van der Waals surface area contributed by atoms with E-state index in [0.717, 1.165) is 98.4 Å². The van der Waals surface area contributed by atoms with E-state index in [1.165, 1.54) is 12.0 Å². The molecule has 4 fully saturated rings. The van der Waals surface area contributed by atoms with Gasteiger partial charge in [-0.15, -0.1) is 0 Å². The summed E-state index contributed by atoms with van der Waals surface area (Å²) in [5.74, 6) is -0.0386. The number of benzene rings is 2. The van der Waals surface area contributed by atoms with Crippen LogP contribution in [0.4, 0.5) is 23.0 Å². The normalized spacial score (nSPS) is 20.7. The monoisotopic (exact) mass is 702 g/mol. The van der Waals surface area contributed by atoms with Gasteiger partial charge >= 0.3 is 0 Å². The molecule has 2 aromatic carbocycles. The zero-order valence-corrected chi connectivity index (χ0v) is 28.9. The molecule has 1 unspecified atom stereocenters. The molecule has 7 heterocycles. The highest BCUT2D eigenvalue weighted by Gasteiger charge is 2.37. The number of amides is 3. The van der Waals surface area contributed by atoms with Crippen molar-refractivity contribution in [1.82, 2.24) is 30.3 Å². The zero-order chi connectivity index (χ0) is 35.3. The molecule has 3 amide bonds. The maximum Gasteiger partial charge on any atom is 0.271 e. The lowest BCUT2D eigenvalue weighted by atomic mass is 9.88. The molecule has 5 N–H and O–H groups in total. The molecule has 1 atom stereocenters. The third-order valence-electron chi connectivity index (χ3n) is 11.4. The Hall–Kier alpha value is -5.50. The fraction of sp³-hybridized carbons (Fsp3) is 0.421. The van der Waals surface area contributed by atoms with Gasteiger partial charge in [-0.1, -0.05) is 17.3 Å². The lowest BCUT2D eigenvalue weighted by Gasteiger charge is -2.48. The quantitative estimate of drug-likeness (QED) is 0.167. The van der Waals surface area contributed by atoms with Crippen LogP contribution in [-0.2, 0) is 9.59 Å². The average Bonchev–Trinajstić information content (AvgIpc) is 3.80. The van der Waals surface area contributed by atoms with Gasteiger partial charge in [0.15, 0.2) is 17.1 Å². The summed E-state index contributed by atoms with van der Waals surface area (Å²) in [5.41, 5.74) is 11.3. The van der Waals surface area contributed by atoms with Crippen LogP contribution in [0.25, 0.3) is 21.9 Å². The van der Waals surface area contributed by atoms with Crippen molar-refractivity contribution in [1.29, 1.82) is 0 Å². The van der Waals surface area contributed by atoms with Crippen molar-refractivity contribution in [3.8, 4) is 0 Å². The van der Waals surface area contributed by atoms with Gasteiger partial charge in [0.05, 0.1) is 28.7 Å². The van der Waals surface area contributed by atoms with E-state index in [2.05, 4.69) is 52.6 Å². The van der Waals surface area contributed by atoms with Crippen LogP contribution in [0.1, 0.15) is 78.5 Å². The van der Waals surface area contributed by atoms with Gasteiger partial charge in [-0.2, -0.15) is 0 Å². The van der Waals surface area contributed by atoms with Crippen molar-refractivity contribution < 1.29 is 18.9 Å². The molecule has 5 aromatic rings. The number of nitrogens with one attached hydrogen (secondary N) is 3. The summed E-state index contributed by atoms with van der Waals surface area (Å²) in [4.78, 5) is 56.2. The molecule has 0 saturated carbocycles. The second-order valence-electron chi connectivity index (χ2n) is 14.6. The molecule has 0 aliphatic carbocycles. The standard InChI is InChI=1S/C38H42N10O4/c39-36(50)35-37(43-30(19-41-35)47-14-2-1-3-15-47)42-24-6-4-22(5-7-24)23-11-16-46(17-12-23)25-20-48(21-25)28-18-29-32(26-10-13-40-33(26)28)34(45-52-29)27-8-9-31(49)44-38(27)51/h4-7,10,13,18-19,23,25,27,40H,1-3,8-9,11-12,14-17,20-21H2,(H2,39,50)(H,42,43)(H,44,49,51). The molecule has 0 bridgehead atoms. The van der Waals surface area contributed by atoms with Crippen LogP contribution in [0.5, 0.6) is 0 Å². The Bertz CT molecular complexity index is 2160. The first kappa shape index (κ1) is 32.4. The number of piperidine rings is 3. The van der Waals surface area contributed by atoms with E-state index in [9.17, 15) is 14.4 Å². The molecular formula is C38H42N10O4. The fourth-order valence-electron chi connectivity index (χ4n) is 8.49. The fourth-order valence-corrected chi connectivity index (χ4v) is 8.49. The predicted octanol–water partition coefficient (Wildman–Crippen LogP) is 4.52. The van der Waals surface area contributed by atoms with Crippen LogP contribution in [-0.4, -0.2) is 88.0 Å². The van der Waals surface area contributed by atoms with E-state index in [4.69, 9.17) is 15.2 Å². The number of anilines is 4. The van der Waals surface area contributed by atoms with Crippen LogP contribution in [0.2, 0.25) is 0 Å². The maximum atomic E-state index is 12.6. The minimum atomic E-state index is -0.604. The molecule has 4 aliphatic heterocycles. The van der Waals surface area contributed by atoms with Gasteiger partial charge in [0.1, 0.15) is 11.5 Å². The lowest BCUT2D eigenvalue weighted by molar-refractivity contribution is -0.134. The number of primary amides is 1. The Kier molecular flexibility index (Phi) is 8.25. The van der Waals surface area contributed by atoms with Crippen LogP contribution in [0.3, 0.4) is 0 Å². The minimum absolute atomic E-state index is 0.140. The van der Waals surface area contributed by atoms with Crippen molar-refractivity contribution in [3.63, 3.8) is 0 Å². The van der Waals surface area contributed by atoms with Gasteiger partial charge in [-0.05, 0) is 81.3 Å². The summed E-state index contributed by atoms with van der Waals surface area (Å²) in [6, 6.07) is 13.0. The largest absolute Gasteiger partial charge is 0.366 e. The second-order valence-corrected chi connectivity index (χ2v) is 14.6. The number of carbonyl (C=O) groups excluding carboxylic acids is 3. The van der Waals surface area contributed by atoms with E-state index in [-0.39, 0.29) is 17.5 Å². The van der Waals surface area contributed by atoms with Crippen molar-refractivity contribution in [2.24, 2.45) is 5.73 Å². The number of likely N-dealkylation sites (tertiary alicyclic amines) is 1. The van der Waals surface area contributed by atoms with Gasteiger partial charge in [0.2, 0.25) is 11.8 Å². The molecule has 268 valence electrons. The number of aromatic amines is 1. The average molecular weight is 703 g/mol. The molecular weight excluding hydrogens is 660 g/mol. The number of hydrogen-bond acceptors (Lipinski definition) is 11. The molecule has 4 saturated heterocycles. The van der Waals surface area contributed by atoms with E-state index in [1.807, 2.05) is 30.5 Å². The highest BCUT2D eigenvalue weighted by molar-refractivity contribution is 6.13. The van der Waals surface area contributed by atoms with Crippen LogP contribution >= 0.6 is 0 Å². The van der Waals surface area contributed by atoms with E-state index < -0.39 is 11.8 Å². The number of nitrogens with two attached hydrogens (primary N) is 1. The number of nitrogens with zero attached hydrogens (tertiary/aromatic N) is 6. The highest BCUT2D eigenvalue weighted by Crippen LogP contribution is 2.41. The molecule has 14 heteroatoms. The van der Waals surface area contributed by atoms with Crippen molar-refractivity contribution >= 4 is 62.6 Å². The third-order valence-corrected chi connectivity index (χ3v) is 11.4. The first-order valence-corrected chi connectivity index (χ1v) is 18.4. The molecule has 3 aromatic heterocycles. The molecule has 4 aliphatic rings. The van der Waals surface area contributed by atoms with E-state index in [0.29, 0.717) is 41.9 Å². The summed E-state index contributed by atoms with van der Waals surface area (Å²) in [7, 11) is 0.